The van der Waals surface area contributed by atoms with E-state index in [9.17, 15) is 43.5 Å². The Morgan fingerprint density at radius 3 is 1.53 bits per heavy atom. The molecule has 7 N–H and O–H groups in total. The average Bonchev–Trinajstić information content (AvgIpc) is 0.822. The highest BCUT2D eigenvalue weighted by Crippen LogP contribution is 2.25. The lowest BCUT2D eigenvalue weighted by atomic mass is 9.91. The Morgan fingerprint density at radius 1 is 0.520 bits per heavy atom. The van der Waals surface area contributed by atoms with Crippen molar-refractivity contribution in [2.24, 2.45) is 35.5 Å². The second-order valence-electron chi connectivity index (χ2n) is 29.3. The molecule has 2 saturated heterocycles. The second-order valence-corrected chi connectivity index (χ2v) is 29.3. The lowest BCUT2D eigenvalue weighted by molar-refractivity contribution is -0.154. The molecule has 0 aromatic heterocycles. The summed E-state index contributed by atoms with van der Waals surface area (Å²) in [7, 11) is 8.46. The molecular weight excluding hydrogens is 1260 g/mol. The summed E-state index contributed by atoms with van der Waals surface area (Å²) in [6.45, 7) is 32.8. The summed E-state index contributed by atoms with van der Waals surface area (Å²) in [5.74, 6) is -10.7. The molecule has 2 rings (SSSR count). The van der Waals surface area contributed by atoms with Crippen molar-refractivity contribution in [2.75, 3.05) is 88.3 Å². The molecule has 12 amide bonds. The van der Waals surface area contributed by atoms with Crippen LogP contribution in [0.4, 0.5) is 0 Å². The number of rotatable bonds is 23. The van der Waals surface area contributed by atoms with Crippen LogP contribution in [0.5, 0.6) is 0 Å². The van der Waals surface area contributed by atoms with Gasteiger partial charge in [-0.2, -0.15) is 0 Å². The quantitative estimate of drug-likeness (QED) is 0.0721. The number of aliphatic hydroxyl groups is 1. The van der Waals surface area contributed by atoms with Crippen molar-refractivity contribution in [3.63, 3.8) is 0 Å². The van der Waals surface area contributed by atoms with Crippen LogP contribution in [0.25, 0.3) is 0 Å². The number of nitrogens with zero attached hydrogens (tertiary/aromatic N) is 7. The largest absolute Gasteiger partial charge is 0.390 e. The van der Waals surface area contributed by atoms with Gasteiger partial charge in [-0.05, 0) is 121 Å². The van der Waals surface area contributed by atoms with E-state index in [1.165, 1.54) is 89.6 Å². The summed E-state index contributed by atoms with van der Waals surface area (Å²) in [5, 5.41) is 28.7. The minimum absolute atomic E-state index is 0.0360. The maximum absolute atomic E-state index is 15.2. The Balaban J connectivity index is 2.99. The zero-order chi connectivity index (χ0) is 74.9. The molecule has 28 heteroatoms. The fourth-order valence-corrected chi connectivity index (χ4v) is 12.5. The number of hydrogen-bond donors (Lipinski definition) is 7. The highest BCUT2D eigenvalue weighted by Gasteiger charge is 2.45. The molecule has 2 heterocycles. The van der Waals surface area contributed by atoms with E-state index in [1.54, 1.807) is 48.5 Å². The molecule has 98 heavy (non-hydrogen) atoms. The van der Waals surface area contributed by atoms with E-state index in [1.807, 2.05) is 41.5 Å². The standard InChI is InChI=1S/C70H127N13O15/c1-24-51-67(93)77(18)48(15)66(92)82(23)58(49(16)98-34-28-27-31-83-32-35-97-36-33-83)64(90)75-55(43(8)9)70(96)78(19)52(37-40(2)3)61(87)72-46(13)60(86)73-47(14)65(91)79(20)53(38-41(4)5)68(94)80(21)54(39-42(6)7)69(95)81(22)57(44(10)11)63(89)76-56(62(88)74-51)59(85)45(12)29-25-26-30-71-50(17)84/h40-49,51-59,85H,24-39H2,1-23H3,(H,71,84)(H,72,87)(H,73,86)(H,74,88)(H,75,90)(H,76,89)/t45-,46+,47-,48-,49-,51+,52+,53+,54+,55+,56+,57+,58+,59-/m1/s1. The Labute approximate surface area is 584 Å². The third-order valence-electron chi connectivity index (χ3n) is 18.9. The average molecular weight is 1390 g/mol. The van der Waals surface area contributed by atoms with Crippen molar-refractivity contribution in [1.29, 1.82) is 0 Å². The van der Waals surface area contributed by atoms with Crippen LogP contribution in [0.15, 0.2) is 0 Å². The number of aliphatic hydroxyl groups excluding tert-OH is 1. The number of hydrogen-bond acceptors (Lipinski definition) is 16. The van der Waals surface area contributed by atoms with E-state index in [0.29, 0.717) is 45.4 Å². The summed E-state index contributed by atoms with van der Waals surface area (Å²) in [4.78, 5) is 184. The number of ether oxygens (including phenoxy) is 2. The highest BCUT2D eigenvalue weighted by molar-refractivity contribution is 6.00. The van der Waals surface area contributed by atoms with Gasteiger partial charge < -0.3 is 75.9 Å². The summed E-state index contributed by atoms with van der Waals surface area (Å²) in [6, 6.07) is -14.5. The normalized spacial score (nSPS) is 26.8. The number of carbonyl (C=O) groups excluding carboxylic acids is 12. The molecule has 2 aliphatic rings. The van der Waals surface area contributed by atoms with Crippen LogP contribution in [-0.4, -0.2) is 277 Å². The molecule has 0 aromatic carbocycles. The third kappa shape index (κ3) is 26.2. The molecule has 0 unspecified atom stereocenters. The molecule has 0 saturated carbocycles. The van der Waals surface area contributed by atoms with Gasteiger partial charge in [-0.15, -0.1) is 0 Å². The van der Waals surface area contributed by atoms with Gasteiger partial charge in [0.25, 0.3) is 0 Å². The maximum Gasteiger partial charge on any atom is 0.246 e. The molecule has 0 aliphatic carbocycles. The molecule has 0 radical (unpaired) electrons. The SMILES string of the molecule is CC[C@@H]1NC(=O)[C@H]([C@H](O)[C@H](C)CCCCNC(C)=O)NC(=O)[C@H](C(C)C)N(C)C(=O)[C@H](CC(C)C)N(C)C(=O)[C@H](CC(C)C)N(C)C(=O)[C@@H](C)NC(=O)[C@H](C)NC(=O)[C@H](CC(C)C)N(C)C(=O)[C@H](C(C)C)NC(=O)[C@H]([C@@H](C)OCCCCN2CCOCC2)N(C)C(=O)[C@@H](C)N(C)C1=O. The van der Waals surface area contributed by atoms with Gasteiger partial charge in [0, 0.05) is 75.5 Å². The highest BCUT2D eigenvalue weighted by atomic mass is 16.5. The van der Waals surface area contributed by atoms with Crippen LogP contribution in [-0.2, 0) is 67.0 Å². The van der Waals surface area contributed by atoms with Crippen LogP contribution in [0, 0.1) is 35.5 Å². The smallest absolute Gasteiger partial charge is 0.246 e. The van der Waals surface area contributed by atoms with Gasteiger partial charge >= 0.3 is 0 Å². The molecule has 0 aromatic rings. The zero-order valence-corrected chi connectivity index (χ0v) is 63.6. The Hall–Kier alpha value is -6.52. The first kappa shape index (κ1) is 87.6. The lowest BCUT2D eigenvalue weighted by Crippen LogP contribution is -2.64. The molecule has 0 spiro atoms. The fraction of sp³-hybridized carbons (Fsp3) is 0.829. The second kappa shape index (κ2) is 41.9. The first-order valence-electron chi connectivity index (χ1n) is 35.6. The number of likely N-dealkylation sites (N-methyl/N-ethyl adjacent to an activating group) is 6. The number of nitrogens with one attached hydrogen (secondary N) is 6. The predicted molar refractivity (Wildman–Crippen MR) is 374 cm³/mol. The van der Waals surface area contributed by atoms with Crippen LogP contribution in [0.3, 0.4) is 0 Å². The summed E-state index contributed by atoms with van der Waals surface area (Å²) >= 11 is 0. The monoisotopic (exact) mass is 1390 g/mol. The van der Waals surface area contributed by atoms with Gasteiger partial charge in [-0.25, -0.2) is 0 Å². The number of unbranched alkanes of at least 4 members (excludes halogenated alkanes) is 2. The molecule has 28 nitrogen and oxygen atoms in total. The van der Waals surface area contributed by atoms with Crippen LogP contribution < -0.4 is 31.9 Å². The van der Waals surface area contributed by atoms with Crippen molar-refractivity contribution in [3.8, 4) is 0 Å². The van der Waals surface area contributed by atoms with Gasteiger partial charge in [-0.3, -0.25) is 62.4 Å². The summed E-state index contributed by atoms with van der Waals surface area (Å²) in [6.07, 6.45) is 0.496. The topological polar surface area (TPSA) is 338 Å². The Kier molecular flexibility index (Phi) is 37.4. The number of carbonyl (C=O) groups is 12. The van der Waals surface area contributed by atoms with Crippen LogP contribution >= 0.6 is 0 Å². The van der Waals surface area contributed by atoms with Crippen molar-refractivity contribution < 1.29 is 72.1 Å². The summed E-state index contributed by atoms with van der Waals surface area (Å²) in [5.41, 5.74) is 0. The van der Waals surface area contributed by atoms with E-state index < -0.39 is 161 Å². The molecular formula is C70H127N13O15. The predicted octanol–water partition coefficient (Wildman–Crippen LogP) is 2.13. The van der Waals surface area contributed by atoms with Gasteiger partial charge in [-0.1, -0.05) is 89.5 Å². The maximum atomic E-state index is 15.2. The molecule has 562 valence electrons. The van der Waals surface area contributed by atoms with E-state index in [4.69, 9.17) is 9.47 Å². The molecule has 2 fully saturated rings. The van der Waals surface area contributed by atoms with E-state index in [-0.39, 0.29) is 56.0 Å². The van der Waals surface area contributed by atoms with E-state index in [0.717, 1.165) is 35.9 Å². The molecule has 0 bridgehead atoms. The van der Waals surface area contributed by atoms with E-state index >= 15 is 19.2 Å². The summed E-state index contributed by atoms with van der Waals surface area (Å²) < 4.78 is 11.9. The first-order chi connectivity index (χ1) is 45.6. The molecule has 2 aliphatic heterocycles. The molecule has 14 atom stereocenters. The first-order valence-corrected chi connectivity index (χ1v) is 35.6. The fourth-order valence-electron chi connectivity index (χ4n) is 12.5. The van der Waals surface area contributed by atoms with Gasteiger partial charge in [0.2, 0.25) is 70.9 Å². The van der Waals surface area contributed by atoms with Crippen molar-refractivity contribution >= 4 is 70.9 Å². The van der Waals surface area contributed by atoms with Crippen LogP contribution in [0.2, 0.25) is 0 Å². The van der Waals surface area contributed by atoms with Crippen LogP contribution in [0.1, 0.15) is 175 Å². The van der Waals surface area contributed by atoms with Crippen molar-refractivity contribution in [2.45, 2.75) is 254 Å². The number of morpholine rings is 1. The Morgan fingerprint density at radius 2 is 1.01 bits per heavy atom. The lowest BCUT2D eigenvalue weighted by Gasteiger charge is -2.40. The van der Waals surface area contributed by atoms with Gasteiger partial charge in [0.1, 0.15) is 66.5 Å². The van der Waals surface area contributed by atoms with Crippen molar-refractivity contribution in [3.05, 3.63) is 0 Å². The zero-order valence-electron chi connectivity index (χ0n) is 63.6. The Bertz CT molecular complexity index is 2640. The minimum atomic E-state index is -1.73. The van der Waals surface area contributed by atoms with Gasteiger partial charge in [0.15, 0.2) is 0 Å². The van der Waals surface area contributed by atoms with E-state index in [2.05, 4.69) is 36.8 Å². The number of amides is 12. The third-order valence-corrected chi connectivity index (χ3v) is 18.9. The van der Waals surface area contributed by atoms with Crippen molar-refractivity contribution in [1.82, 2.24) is 66.2 Å². The minimum Gasteiger partial charge on any atom is -0.390 e. The van der Waals surface area contributed by atoms with Gasteiger partial charge in [0.05, 0.1) is 25.4 Å².